The van der Waals surface area contributed by atoms with Gasteiger partial charge in [0.05, 0.1) is 16.5 Å². The molecule has 1 fully saturated rings. The van der Waals surface area contributed by atoms with Crippen LogP contribution in [-0.4, -0.2) is 42.4 Å². The summed E-state index contributed by atoms with van der Waals surface area (Å²) in [6.07, 6.45) is 6.60. The number of aromatic nitrogens is 2. The number of nitrogens with two attached hydrogens (primary N) is 1. The molecule has 3 aromatic carbocycles. The van der Waals surface area contributed by atoms with Crippen molar-refractivity contribution in [3.8, 4) is 28.8 Å². The number of primary sulfonamides is 1. The lowest BCUT2D eigenvalue weighted by atomic mass is 10.0. The van der Waals surface area contributed by atoms with Crippen LogP contribution in [0.25, 0.3) is 17.2 Å². The normalized spacial score (nSPS) is 14.4. The van der Waals surface area contributed by atoms with Crippen LogP contribution in [0.2, 0.25) is 0 Å². The first-order chi connectivity index (χ1) is 21.1. The van der Waals surface area contributed by atoms with Crippen molar-refractivity contribution in [2.45, 2.75) is 44.2 Å². The van der Waals surface area contributed by atoms with E-state index in [1.807, 2.05) is 32.0 Å². The Labute approximate surface area is 256 Å². The summed E-state index contributed by atoms with van der Waals surface area (Å²) in [7, 11) is -3.71. The van der Waals surface area contributed by atoms with E-state index >= 15 is 0 Å². The molecule has 9 nitrogen and oxygen atoms in total. The maximum Gasteiger partial charge on any atom is 0.238 e. The average Bonchev–Trinajstić information content (AvgIpc) is 2.99. The largest absolute Gasteiger partial charge is 0.438 e. The van der Waals surface area contributed by atoms with Crippen molar-refractivity contribution in [1.82, 2.24) is 14.9 Å². The zero-order chi connectivity index (χ0) is 31.3. The van der Waals surface area contributed by atoms with Gasteiger partial charge in [0.15, 0.2) is 0 Å². The number of anilines is 1. The molecule has 5 rings (SSSR count). The molecule has 1 aliphatic rings. The zero-order valence-electron chi connectivity index (χ0n) is 24.5. The molecular weight excluding hydrogens is 579 g/mol. The number of sulfonamides is 1. The molecule has 226 valence electrons. The van der Waals surface area contributed by atoms with Gasteiger partial charge in [-0.2, -0.15) is 10.2 Å². The summed E-state index contributed by atoms with van der Waals surface area (Å²) in [6, 6.07) is 18.8. The van der Waals surface area contributed by atoms with Crippen molar-refractivity contribution in [2.75, 3.05) is 18.4 Å². The first kappa shape index (κ1) is 30.8. The number of halogens is 1. The Morgan fingerprint density at radius 1 is 1.09 bits per heavy atom. The minimum absolute atomic E-state index is 0.105. The number of nitrogens with one attached hydrogen (secondary N) is 1. The molecule has 0 atom stereocenters. The summed E-state index contributed by atoms with van der Waals surface area (Å²) < 4.78 is 43.2. The fourth-order valence-electron chi connectivity index (χ4n) is 5.27. The predicted octanol–water partition coefficient (Wildman–Crippen LogP) is 5.95. The van der Waals surface area contributed by atoms with E-state index in [-0.39, 0.29) is 16.8 Å². The van der Waals surface area contributed by atoms with E-state index in [4.69, 9.17) is 20.1 Å². The van der Waals surface area contributed by atoms with Crippen molar-refractivity contribution in [2.24, 2.45) is 5.14 Å². The summed E-state index contributed by atoms with van der Waals surface area (Å²) in [4.78, 5) is 11.8. The lowest BCUT2D eigenvalue weighted by molar-refractivity contribution is 0.211. The van der Waals surface area contributed by atoms with Crippen LogP contribution in [0, 0.1) is 31.0 Å². The van der Waals surface area contributed by atoms with Gasteiger partial charge in [-0.1, -0.05) is 24.3 Å². The fraction of sp³-hybridized carbons (Fsp3) is 0.242. The number of nitriles is 1. The first-order valence-electron chi connectivity index (χ1n) is 14.2. The van der Waals surface area contributed by atoms with Gasteiger partial charge in [-0.25, -0.2) is 22.9 Å². The van der Waals surface area contributed by atoms with Crippen LogP contribution in [0.4, 0.5) is 10.3 Å². The van der Waals surface area contributed by atoms with E-state index in [1.165, 1.54) is 30.3 Å². The summed E-state index contributed by atoms with van der Waals surface area (Å²) >= 11 is 0. The van der Waals surface area contributed by atoms with Crippen LogP contribution in [0.5, 0.6) is 11.6 Å². The summed E-state index contributed by atoms with van der Waals surface area (Å²) in [5.41, 5.74) is 5.03. The molecule has 0 bridgehead atoms. The number of nitrogens with zero attached hydrogens (tertiary/aromatic N) is 4. The molecule has 1 aromatic heterocycles. The van der Waals surface area contributed by atoms with Crippen LogP contribution < -0.4 is 15.2 Å². The molecule has 0 amide bonds. The van der Waals surface area contributed by atoms with Gasteiger partial charge in [0.1, 0.15) is 11.6 Å². The van der Waals surface area contributed by atoms with Crippen LogP contribution in [0.3, 0.4) is 0 Å². The number of likely N-dealkylation sites (tertiary alicyclic amines) is 1. The van der Waals surface area contributed by atoms with Crippen LogP contribution in [0.1, 0.15) is 35.1 Å². The van der Waals surface area contributed by atoms with Gasteiger partial charge in [-0.05, 0) is 97.0 Å². The molecule has 11 heteroatoms. The van der Waals surface area contributed by atoms with Gasteiger partial charge >= 0.3 is 0 Å². The average molecular weight is 613 g/mol. The molecule has 44 heavy (non-hydrogen) atoms. The van der Waals surface area contributed by atoms with E-state index in [2.05, 4.69) is 15.2 Å². The summed E-state index contributed by atoms with van der Waals surface area (Å²) in [6.45, 7) is 6.27. The molecule has 4 aromatic rings. The van der Waals surface area contributed by atoms with Crippen LogP contribution in [-0.2, 0) is 16.6 Å². The quantitative estimate of drug-likeness (QED) is 0.222. The lowest BCUT2D eigenvalue weighted by Crippen LogP contribution is -2.39. The van der Waals surface area contributed by atoms with E-state index in [0.29, 0.717) is 29.7 Å². The maximum atomic E-state index is 13.7. The van der Waals surface area contributed by atoms with Crippen molar-refractivity contribution in [3.63, 3.8) is 0 Å². The number of benzene rings is 3. The predicted molar refractivity (Wildman–Crippen MR) is 168 cm³/mol. The SMILES string of the molecule is Cc1cc(/C=C/C#N)cc(C)c1Oc1nc(NC2CCN(Cc3ccc(S(N)(=O)=O)cc3)CC2)ncc1-c1ccc(F)cc1. The van der Waals surface area contributed by atoms with Crippen LogP contribution in [0.15, 0.2) is 77.8 Å². The number of piperidine rings is 1. The Bertz CT molecular complexity index is 1790. The molecule has 3 N–H and O–H groups in total. The third kappa shape index (κ3) is 7.65. The highest BCUT2D eigenvalue weighted by atomic mass is 32.2. The Morgan fingerprint density at radius 3 is 2.36 bits per heavy atom. The molecule has 0 aliphatic carbocycles. The van der Waals surface area contributed by atoms with E-state index in [1.54, 1.807) is 36.5 Å². The number of rotatable bonds is 9. The van der Waals surface area contributed by atoms with E-state index in [9.17, 15) is 12.8 Å². The third-order valence-electron chi connectivity index (χ3n) is 7.52. The monoisotopic (exact) mass is 612 g/mol. The van der Waals surface area contributed by atoms with Gasteiger partial charge in [0, 0.05) is 37.9 Å². The topological polar surface area (TPSA) is 134 Å². The highest BCUT2D eigenvalue weighted by molar-refractivity contribution is 7.89. The Kier molecular flexibility index (Phi) is 9.35. The van der Waals surface area contributed by atoms with E-state index in [0.717, 1.165) is 53.7 Å². The van der Waals surface area contributed by atoms with Gasteiger partial charge in [0.25, 0.3) is 0 Å². The molecule has 0 unspecified atom stereocenters. The molecular formula is C33H33FN6O3S. The van der Waals surface area contributed by atoms with E-state index < -0.39 is 10.0 Å². The Balaban J connectivity index is 1.31. The zero-order valence-corrected chi connectivity index (χ0v) is 25.3. The smallest absolute Gasteiger partial charge is 0.238 e. The third-order valence-corrected chi connectivity index (χ3v) is 8.45. The van der Waals surface area contributed by atoms with Crippen molar-refractivity contribution in [1.29, 1.82) is 5.26 Å². The molecule has 2 heterocycles. The molecule has 0 radical (unpaired) electrons. The van der Waals surface area contributed by atoms with Gasteiger partial charge < -0.3 is 10.1 Å². The van der Waals surface area contributed by atoms with Gasteiger partial charge in [-0.15, -0.1) is 0 Å². The fourth-order valence-corrected chi connectivity index (χ4v) is 5.79. The van der Waals surface area contributed by atoms with Gasteiger partial charge in [-0.3, -0.25) is 4.90 Å². The molecule has 1 saturated heterocycles. The van der Waals surface area contributed by atoms with Crippen molar-refractivity contribution in [3.05, 3.63) is 101 Å². The number of hydrogen-bond donors (Lipinski definition) is 2. The number of hydrogen-bond acceptors (Lipinski definition) is 8. The molecule has 0 saturated carbocycles. The highest BCUT2D eigenvalue weighted by Gasteiger charge is 2.22. The van der Waals surface area contributed by atoms with Crippen molar-refractivity contribution >= 4 is 22.0 Å². The molecule has 1 aliphatic heterocycles. The second-order valence-electron chi connectivity index (χ2n) is 10.9. The summed E-state index contributed by atoms with van der Waals surface area (Å²) in [5.74, 6) is 1.10. The molecule has 0 spiro atoms. The number of allylic oxidation sites excluding steroid dienone is 1. The minimum Gasteiger partial charge on any atom is -0.438 e. The van der Waals surface area contributed by atoms with Gasteiger partial charge in [0.2, 0.25) is 21.9 Å². The van der Waals surface area contributed by atoms with Crippen LogP contribution >= 0.6 is 0 Å². The Morgan fingerprint density at radius 2 is 1.75 bits per heavy atom. The lowest BCUT2D eigenvalue weighted by Gasteiger charge is -2.32. The second-order valence-corrected chi connectivity index (χ2v) is 12.4. The Hall–Kier alpha value is -4.63. The standard InChI is InChI=1S/C33H33FN6O3S/c1-22-18-25(4-3-15-35)19-23(2)31(22)43-32-30(26-7-9-27(34)10-8-26)20-37-33(39-32)38-28-13-16-40(17-14-28)21-24-5-11-29(12-6-24)44(36,41)42/h3-12,18-20,28H,13-14,16-17,21H2,1-2H3,(H2,36,41,42)(H,37,38,39)/b4-3+. The minimum atomic E-state index is -3.71. The first-order valence-corrected chi connectivity index (χ1v) is 15.7. The summed E-state index contributed by atoms with van der Waals surface area (Å²) in [5, 5.41) is 17.6. The second kappa shape index (κ2) is 13.3. The highest BCUT2D eigenvalue weighted by Crippen LogP contribution is 2.36. The number of ether oxygens (including phenoxy) is 1. The maximum absolute atomic E-state index is 13.7. The number of aryl methyl sites for hydroxylation is 2. The van der Waals surface area contributed by atoms with Crippen molar-refractivity contribution < 1.29 is 17.5 Å².